The van der Waals surface area contributed by atoms with Crippen LogP contribution in [0.15, 0.2) is 30.3 Å². The molecule has 0 radical (unpaired) electrons. The third-order valence-corrected chi connectivity index (χ3v) is 7.19. The van der Waals surface area contributed by atoms with Gasteiger partial charge in [0, 0.05) is 23.0 Å². The predicted octanol–water partition coefficient (Wildman–Crippen LogP) is 6.02. The first-order chi connectivity index (χ1) is 15.1. The zero-order valence-electron chi connectivity index (χ0n) is 18.5. The summed E-state index contributed by atoms with van der Waals surface area (Å²) in [5.74, 6) is 1.70. The van der Waals surface area contributed by atoms with E-state index in [2.05, 4.69) is 33.6 Å². The molecule has 1 amide bonds. The Bertz CT molecular complexity index is 1020. The van der Waals surface area contributed by atoms with Crippen LogP contribution in [0.2, 0.25) is 0 Å². The number of hydrogen-bond donors (Lipinski definition) is 2. The molecule has 0 spiro atoms. The summed E-state index contributed by atoms with van der Waals surface area (Å²) >= 11 is 1.73. The number of fused-ring (bicyclic) bond motifs is 1. The monoisotopic (exact) mass is 436 g/mol. The van der Waals surface area contributed by atoms with Crippen molar-refractivity contribution in [1.29, 1.82) is 0 Å². The van der Waals surface area contributed by atoms with Crippen molar-refractivity contribution in [3.05, 3.63) is 52.2 Å². The number of carbonyl (C=O) groups excluding carboxylic acids is 1. The van der Waals surface area contributed by atoms with Crippen molar-refractivity contribution >= 4 is 33.3 Å². The number of thiophene rings is 1. The van der Waals surface area contributed by atoms with Crippen molar-refractivity contribution in [1.82, 2.24) is 15.3 Å². The maximum Gasteiger partial charge on any atom is 0.251 e. The molecule has 1 aromatic carbocycles. The molecular formula is C25H32N4OS. The van der Waals surface area contributed by atoms with Crippen molar-refractivity contribution in [2.24, 2.45) is 0 Å². The highest BCUT2D eigenvalue weighted by Gasteiger charge is 2.15. The number of anilines is 1. The fourth-order valence-corrected chi connectivity index (χ4v) is 5.23. The predicted molar refractivity (Wildman–Crippen MR) is 129 cm³/mol. The molecule has 2 heterocycles. The zero-order valence-corrected chi connectivity index (χ0v) is 19.4. The van der Waals surface area contributed by atoms with Crippen molar-refractivity contribution in [3.8, 4) is 0 Å². The molecule has 2 aromatic heterocycles. The minimum Gasteiger partial charge on any atom is -0.365 e. The van der Waals surface area contributed by atoms with Crippen LogP contribution in [0.4, 0.5) is 5.82 Å². The lowest BCUT2D eigenvalue weighted by Gasteiger charge is -2.21. The van der Waals surface area contributed by atoms with Crippen LogP contribution in [0, 0.1) is 6.92 Å². The van der Waals surface area contributed by atoms with Gasteiger partial charge in [-0.25, -0.2) is 9.97 Å². The summed E-state index contributed by atoms with van der Waals surface area (Å²) in [6.45, 7) is 4.75. The molecule has 6 heteroatoms. The molecule has 0 unspecified atom stereocenters. The molecule has 1 aliphatic rings. The van der Waals surface area contributed by atoms with Crippen LogP contribution in [0.5, 0.6) is 0 Å². The largest absolute Gasteiger partial charge is 0.365 e. The highest BCUT2D eigenvalue weighted by atomic mass is 32.1. The van der Waals surface area contributed by atoms with Crippen LogP contribution in [0.1, 0.15) is 78.5 Å². The zero-order chi connectivity index (χ0) is 21.6. The first kappa shape index (κ1) is 21.8. The topological polar surface area (TPSA) is 66.9 Å². The molecule has 3 aromatic rings. The molecule has 0 saturated heterocycles. The van der Waals surface area contributed by atoms with Crippen LogP contribution in [0.25, 0.3) is 10.2 Å². The highest BCUT2D eigenvalue weighted by Crippen LogP contribution is 2.29. The maximum atomic E-state index is 12.7. The lowest BCUT2D eigenvalue weighted by Crippen LogP contribution is -2.35. The number of nitrogens with zero attached hydrogens (tertiary/aromatic N) is 2. The van der Waals surface area contributed by atoms with E-state index in [4.69, 9.17) is 0 Å². The molecule has 0 aliphatic heterocycles. The Labute approximate surface area is 188 Å². The molecule has 5 nitrogen and oxygen atoms in total. The van der Waals surface area contributed by atoms with Crippen LogP contribution < -0.4 is 10.6 Å². The Balaban J connectivity index is 1.38. The van der Waals surface area contributed by atoms with Gasteiger partial charge in [-0.3, -0.25) is 4.79 Å². The van der Waals surface area contributed by atoms with E-state index in [-0.39, 0.29) is 5.91 Å². The average Bonchev–Trinajstić information content (AvgIpc) is 3.17. The van der Waals surface area contributed by atoms with Crippen molar-refractivity contribution in [3.63, 3.8) is 0 Å². The Morgan fingerprint density at radius 1 is 1.06 bits per heavy atom. The quantitative estimate of drug-likeness (QED) is 0.496. The number of aryl methyl sites for hydroxylation is 2. The van der Waals surface area contributed by atoms with Crippen molar-refractivity contribution in [2.45, 2.75) is 77.8 Å². The average molecular weight is 437 g/mol. The van der Waals surface area contributed by atoms with Gasteiger partial charge in [0.25, 0.3) is 5.91 Å². The third kappa shape index (κ3) is 5.62. The molecule has 1 saturated carbocycles. The highest BCUT2D eigenvalue weighted by molar-refractivity contribution is 7.18. The second-order valence-corrected chi connectivity index (χ2v) is 9.59. The number of hydrogen-bond acceptors (Lipinski definition) is 5. The van der Waals surface area contributed by atoms with E-state index < -0.39 is 0 Å². The summed E-state index contributed by atoms with van der Waals surface area (Å²) in [4.78, 5) is 24.2. The van der Waals surface area contributed by atoms with Gasteiger partial charge in [0.1, 0.15) is 16.5 Å². The number of carbonyl (C=O) groups is 1. The van der Waals surface area contributed by atoms with Gasteiger partial charge in [0.05, 0.1) is 5.39 Å². The van der Waals surface area contributed by atoms with E-state index in [1.807, 2.05) is 31.2 Å². The normalized spacial score (nSPS) is 15.4. The first-order valence-electron chi connectivity index (χ1n) is 11.5. The number of nitrogens with one attached hydrogen (secondary N) is 2. The minimum absolute atomic E-state index is 0.0450. The van der Waals surface area contributed by atoms with Gasteiger partial charge in [-0.2, -0.15) is 0 Å². The van der Waals surface area contributed by atoms with E-state index >= 15 is 0 Å². The summed E-state index contributed by atoms with van der Waals surface area (Å²) in [5, 5.41) is 7.79. The fraction of sp³-hybridized carbons (Fsp3) is 0.480. The lowest BCUT2D eigenvalue weighted by atomic mass is 9.96. The third-order valence-electron chi connectivity index (χ3n) is 6.02. The van der Waals surface area contributed by atoms with E-state index in [9.17, 15) is 4.79 Å². The van der Waals surface area contributed by atoms with Crippen molar-refractivity contribution in [2.75, 3.05) is 5.32 Å². The first-order valence-corrected chi connectivity index (χ1v) is 12.3. The molecule has 1 fully saturated rings. The Morgan fingerprint density at radius 3 is 2.48 bits per heavy atom. The van der Waals surface area contributed by atoms with Crippen LogP contribution in [-0.2, 0) is 13.0 Å². The van der Waals surface area contributed by atoms with Gasteiger partial charge in [0.2, 0.25) is 0 Å². The van der Waals surface area contributed by atoms with Gasteiger partial charge in [-0.15, -0.1) is 11.3 Å². The van der Waals surface area contributed by atoms with Crippen LogP contribution >= 0.6 is 11.3 Å². The molecule has 0 bridgehead atoms. The van der Waals surface area contributed by atoms with E-state index in [0.717, 1.165) is 52.2 Å². The molecule has 31 heavy (non-hydrogen) atoms. The summed E-state index contributed by atoms with van der Waals surface area (Å²) < 4.78 is 0. The lowest BCUT2D eigenvalue weighted by molar-refractivity contribution is 0.0930. The Kier molecular flexibility index (Phi) is 7.17. The van der Waals surface area contributed by atoms with Crippen LogP contribution in [0.3, 0.4) is 0 Å². The van der Waals surface area contributed by atoms with Crippen LogP contribution in [-0.4, -0.2) is 21.9 Å². The summed E-state index contributed by atoms with van der Waals surface area (Å²) in [7, 11) is 0. The number of rotatable bonds is 6. The summed E-state index contributed by atoms with van der Waals surface area (Å²) in [6.07, 6.45) is 9.55. The SMILES string of the molecule is CCc1cc2c(NCc3ccc(C(=O)NC4CCCCCCC4)cc3)nc(C)nc2s1. The molecule has 0 atom stereocenters. The smallest absolute Gasteiger partial charge is 0.251 e. The second-order valence-electron chi connectivity index (χ2n) is 8.47. The van der Waals surface area contributed by atoms with Gasteiger partial charge >= 0.3 is 0 Å². The molecular weight excluding hydrogens is 404 g/mol. The van der Waals surface area contributed by atoms with E-state index in [1.54, 1.807) is 11.3 Å². The van der Waals surface area contributed by atoms with E-state index in [0.29, 0.717) is 12.6 Å². The van der Waals surface area contributed by atoms with Gasteiger partial charge < -0.3 is 10.6 Å². The van der Waals surface area contributed by atoms with Gasteiger partial charge in [-0.1, -0.05) is 51.2 Å². The van der Waals surface area contributed by atoms with Gasteiger partial charge in [0.15, 0.2) is 0 Å². The summed E-state index contributed by atoms with van der Waals surface area (Å²) in [6, 6.07) is 10.4. The van der Waals surface area contributed by atoms with E-state index in [1.165, 1.54) is 37.0 Å². The molecule has 1 aliphatic carbocycles. The maximum absolute atomic E-state index is 12.7. The Hall–Kier alpha value is -2.47. The standard InChI is InChI=1S/C25H32N4OS/c1-3-21-15-22-23(27-17(2)28-25(22)31-21)26-16-18-11-13-19(14-12-18)24(30)29-20-9-7-5-4-6-8-10-20/h11-15,20H,3-10,16H2,1-2H3,(H,29,30)(H,26,27,28). The molecule has 4 rings (SSSR count). The summed E-state index contributed by atoms with van der Waals surface area (Å²) in [5.41, 5.74) is 1.86. The Morgan fingerprint density at radius 2 is 1.77 bits per heavy atom. The minimum atomic E-state index is 0.0450. The molecule has 164 valence electrons. The number of benzene rings is 1. The van der Waals surface area contributed by atoms with Crippen molar-refractivity contribution < 1.29 is 4.79 Å². The fourth-order valence-electron chi connectivity index (χ4n) is 4.22. The molecule has 2 N–H and O–H groups in total. The number of aromatic nitrogens is 2. The second kappa shape index (κ2) is 10.2. The van der Waals surface area contributed by atoms with Gasteiger partial charge in [-0.05, 0) is 49.9 Å². The number of amides is 1.